The summed E-state index contributed by atoms with van der Waals surface area (Å²) >= 11 is 1.98. The van der Waals surface area contributed by atoms with Crippen molar-refractivity contribution in [2.45, 2.75) is 291 Å². The Morgan fingerprint density at radius 2 is 0.955 bits per heavy atom. The van der Waals surface area contributed by atoms with E-state index in [0.29, 0.717) is 35.1 Å². The fourth-order valence-electron chi connectivity index (χ4n) is 17.4. The summed E-state index contributed by atoms with van der Waals surface area (Å²) in [5.74, 6) is 3.66. The second-order valence-corrected chi connectivity index (χ2v) is 29.1. The Morgan fingerprint density at radius 3 is 1.39 bits per heavy atom. The van der Waals surface area contributed by atoms with Gasteiger partial charge in [-0.25, -0.2) is 9.59 Å². The highest BCUT2D eigenvalue weighted by Crippen LogP contribution is 2.68. The molecule has 2 unspecified atom stereocenters. The highest BCUT2D eigenvalue weighted by molar-refractivity contribution is 14.1. The van der Waals surface area contributed by atoms with Gasteiger partial charge in [-0.2, -0.15) is 0 Å². The first-order valence-corrected chi connectivity index (χ1v) is 37.3. The molecule has 6 fully saturated rings. The van der Waals surface area contributed by atoms with Crippen LogP contribution in [0.5, 0.6) is 23.0 Å². The number of likely N-dealkylation sites (tertiary alicyclic amines) is 2. The third-order valence-corrected chi connectivity index (χ3v) is 22.7. The Labute approximate surface area is 547 Å². The van der Waals surface area contributed by atoms with E-state index >= 15 is 0 Å². The zero-order chi connectivity index (χ0) is 62.4. The number of phenolic OH excluding ortho intramolecular Hbond substituents is 1. The maximum Gasteiger partial charge on any atom is 0.511 e. The van der Waals surface area contributed by atoms with Gasteiger partial charge < -0.3 is 48.5 Å². The fraction of sp³-hybridized carbons (Fsp3) is 0.757. The minimum absolute atomic E-state index is 0.101. The number of unbranched alkanes of at least 4 members (excludes halogenated alkanes) is 22. The third-order valence-electron chi connectivity index (χ3n) is 22.4. The van der Waals surface area contributed by atoms with Gasteiger partial charge in [0, 0.05) is 36.3 Å². The van der Waals surface area contributed by atoms with Crippen molar-refractivity contribution in [1.29, 1.82) is 0 Å². The normalized spacial score (nSPS) is 28.0. The molecule has 0 radical (unpaired) electrons. The van der Waals surface area contributed by atoms with Gasteiger partial charge in [-0.1, -0.05) is 180 Å². The molecule has 4 saturated carbocycles. The summed E-state index contributed by atoms with van der Waals surface area (Å²) in [6.45, 7) is 18.0. The molecule has 10 aliphatic rings. The van der Waals surface area contributed by atoms with Crippen LogP contribution < -0.4 is 14.2 Å². The molecule has 4 aliphatic heterocycles. The van der Waals surface area contributed by atoms with E-state index in [-0.39, 0.29) is 36.8 Å². The number of piperidine rings is 2. The molecule has 4 bridgehead atoms. The second-order valence-electron chi connectivity index (χ2n) is 28.4. The molecule has 2 spiro atoms. The number of carbonyl (C=O) groups is 2. The molecule has 0 aromatic heterocycles. The smallest absolute Gasteiger partial charge is 0.504 e. The van der Waals surface area contributed by atoms with Gasteiger partial charge in [-0.3, -0.25) is 9.80 Å². The second kappa shape index (κ2) is 31.9. The summed E-state index contributed by atoms with van der Waals surface area (Å²) in [7, 11) is 0. The maximum absolute atomic E-state index is 12.5. The molecule has 6 aliphatic carbocycles. The average Bonchev–Trinajstić information content (AvgIpc) is 1.60. The van der Waals surface area contributed by atoms with Crippen molar-refractivity contribution in [2.24, 2.45) is 11.8 Å². The van der Waals surface area contributed by atoms with Gasteiger partial charge in [0.2, 0.25) is 6.79 Å². The number of carbonyl (C=O) groups excluding carboxylic acids is 2. The molecule has 496 valence electrons. The summed E-state index contributed by atoms with van der Waals surface area (Å²) < 4.78 is 39.4. The lowest BCUT2D eigenvalue weighted by molar-refractivity contribution is -0.174. The standard InChI is InChI=1S/C37H55NO6.C21H25NO3.C16H31IO3/c1-3-4-5-6-7-8-9-10-11-12-13-14-23-41-35(39)43-26-42-30-18-17-29-24-31-37(40)20-19-27(2)34-36(37,32(29)33(30)44-34)21-22-38(31)25-28-15-16-28;1-12-6-7-21(24)16-10-14-4-5-15(23)18-17(14)20(21,19(12)25-18)8-9-22(16)11-13-2-3-13;1-2-3-4-5-6-7-8-9-10-11-12-13-14-19-16(18)20-15-17/h17-18,28,31,34,40H,2-16,19-26H2,1H3;4-5,13,16,19,23-24H,1-3,6-11H2;2-15H2,1H3/t31?,34-,36-,37+;16?,19-,20-,21+;/m00./s1. The van der Waals surface area contributed by atoms with Crippen molar-refractivity contribution < 1.29 is 58.1 Å². The van der Waals surface area contributed by atoms with E-state index in [2.05, 4.69) is 47.6 Å². The van der Waals surface area contributed by atoms with Crippen LogP contribution in [0, 0.1) is 11.8 Å². The zero-order valence-corrected chi connectivity index (χ0v) is 56.7. The molecule has 2 aromatic rings. The van der Waals surface area contributed by atoms with Gasteiger partial charge in [0.15, 0.2) is 23.0 Å². The summed E-state index contributed by atoms with van der Waals surface area (Å²) in [5.41, 5.74) is 4.25. The van der Waals surface area contributed by atoms with Crippen molar-refractivity contribution in [3.05, 3.63) is 70.8 Å². The van der Waals surface area contributed by atoms with Gasteiger partial charge >= 0.3 is 12.3 Å². The van der Waals surface area contributed by atoms with E-state index in [4.69, 9.17) is 28.4 Å². The first-order valence-electron chi connectivity index (χ1n) is 35.7. The fourth-order valence-corrected chi connectivity index (χ4v) is 17.6. The number of halogens is 1. The average molecular weight is 1350 g/mol. The number of hydrogen-bond acceptors (Lipinski definition) is 14. The Bertz CT molecular complexity index is 2680. The molecular formula is C74H111IN2O12. The SMILES string of the molecule is C=C1CC[C@@]2(O)C3Cc4ccc(O)c5c4[C@@]2(CCN3CC2CC2)[C@H]1O5.C=C1CC[C@@]2(O)C3Cc4ccc(OCOC(=O)OCCCCCCCCCCCCCC)c5c4[C@@]2(CCN3CC2CC2)[C@H]1O5.CCCCCCCCCCCCCCOC(=O)OCI. The molecule has 3 N–H and O–H groups in total. The number of benzene rings is 2. The number of phenols is 1. The van der Waals surface area contributed by atoms with E-state index in [1.807, 2.05) is 34.7 Å². The Morgan fingerprint density at radius 1 is 0.551 bits per heavy atom. The van der Waals surface area contributed by atoms with E-state index < -0.39 is 34.3 Å². The van der Waals surface area contributed by atoms with E-state index in [1.165, 1.54) is 165 Å². The molecule has 0 amide bonds. The minimum Gasteiger partial charge on any atom is -0.504 e. The lowest BCUT2D eigenvalue weighted by Crippen LogP contribution is -2.75. The van der Waals surface area contributed by atoms with Crippen LogP contribution >= 0.6 is 22.6 Å². The van der Waals surface area contributed by atoms with Gasteiger partial charge in [0.05, 0.1) is 35.2 Å². The summed E-state index contributed by atoms with van der Waals surface area (Å²) in [6.07, 6.45) is 41.0. The van der Waals surface area contributed by atoms with Crippen LogP contribution in [0.2, 0.25) is 0 Å². The Kier molecular flexibility index (Phi) is 24.4. The van der Waals surface area contributed by atoms with Gasteiger partial charge in [0.1, 0.15) is 16.8 Å². The Hall–Kier alpha value is -3.77. The van der Waals surface area contributed by atoms with Crippen LogP contribution in [-0.2, 0) is 42.6 Å². The summed E-state index contributed by atoms with van der Waals surface area (Å²) in [4.78, 5) is 28.2. The number of hydrogen-bond donors (Lipinski definition) is 3. The quantitative estimate of drug-likeness (QED) is 0.0151. The lowest BCUT2D eigenvalue weighted by Gasteiger charge is -2.63. The number of ether oxygens (including phenoxy) is 7. The van der Waals surface area contributed by atoms with Crippen LogP contribution in [0.25, 0.3) is 0 Å². The minimum atomic E-state index is -0.850. The molecule has 4 heterocycles. The van der Waals surface area contributed by atoms with Crippen molar-refractivity contribution in [3.8, 4) is 23.0 Å². The molecule has 14 nitrogen and oxygen atoms in total. The predicted molar refractivity (Wildman–Crippen MR) is 358 cm³/mol. The number of aliphatic hydroxyl groups is 2. The molecule has 12 rings (SSSR count). The molecule has 89 heavy (non-hydrogen) atoms. The highest BCUT2D eigenvalue weighted by atomic mass is 127. The number of alkyl halides is 1. The summed E-state index contributed by atoms with van der Waals surface area (Å²) in [5, 5.41) is 35.0. The number of aromatic hydroxyl groups is 1. The zero-order valence-electron chi connectivity index (χ0n) is 54.6. The monoisotopic (exact) mass is 1350 g/mol. The molecular weight excluding hydrogens is 1240 g/mol. The summed E-state index contributed by atoms with van der Waals surface area (Å²) in [6, 6.07) is 8.12. The van der Waals surface area contributed by atoms with Gasteiger partial charge in [0.25, 0.3) is 0 Å². The number of nitrogens with zero attached hydrogens (tertiary/aromatic N) is 2. The van der Waals surface area contributed by atoms with Gasteiger partial charge in [-0.15, -0.1) is 0 Å². The van der Waals surface area contributed by atoms with Crippen molar-refractivity contribution >= 4 is 34.9 Å². The molecule has 8 atom stereocenters. The van der Waals surface area contributed by atoms with Crippen LogP contribution in [0.4, 0.5) is 9.59 Å². The van der Waals surface area contributed by atoms with Gasteiger partial charge in [-0.05, 0) is 172 Å². The van der Waals surface area contributed by atoms with Crippen LogP contribution in [0.3, 0.4) is 0 Å². The van der Waals surface area contributed by atoms with E-state index in [1.54, 1.807) is 6.07 Å². The van der Waals surface area contributed by atoms with Crippen molar-refractivity contribution in [1.82, 2.24) is 9.80 Å². The lowest BCUT2D eigenvalue weighted by atomic mass is 9.48. The van der Waals surface area contributed by atoms with Crippen molar-refractivity contribution in [3.63, 3.8) is 0 Å². The Balaban J connectivity index is 0.000000163. The highest BCUT2D eigenvalue weighted by Gasteiger charge is 2.73. The third kappa shape index (κ3) is 15.3. The van der Waals surface area contributed by atoms with Crippen molar-refractivity contribution in [2.75, 3.05) is 50.8 Å². The number of rotatable bonds is 34. The topological polar surface area (TPSA) is 166 Å². The largest absolute Gasteiger partial charge is 0.511 e. The van der Waals surface area contributed by atoms with Crippen LogP contribution in [0.15, 0.2) is 48.6 Å². The van der Waals surface area contributed by atoms with Crippen LogP contribution in [0.1, 0.15) is 254 Å². The molecule has 2 aromatic carbocycles. The first-order chi connectivity index (χ1) is 43.3. The van der Waals surface area contributed by atoms with E-state index in [0.717, 1.165) is 137 Å². The predicted octanol–water partition coefficient (Wildman–Crippen LogP) is 16.7. The molecule has 2 saturated heterocycles. The maximum atomic E-state index is 12.5. The van der Waals surface area contributed by atoms with E-state index in [9.17, 15) is 24.9 Å². The first kappa shape index (κ1) is 68.1. The van der Waals surface area contributed by atoms with Crippen LogP contribution in [-0.4, -0.2) is 124 Å². The molecule has 15 heteroatoms.